The molecule has 2 aromatic rings. The van der Waals surface area contributed by atoms with Gasteiger partial charge in [-0.25, -0.2) is 8.42 Å². The van der Waals surface area contributed by atoms with Gasteiger partial charge in [0.25, 0.3) is 10.0 Å². The van der Waals surface area contributed by atoms with E-state index in [-0.39, 0.29) is 4.90 Å². The smallest absolute Gasteiger partial charge is 0.263 e. The van der Waals surface area contributed by atoms with Crippen LogP contribution in [0.2, 0.25) is 0 Å². The SMILES string of the molecule is CNc1ccccc1S(=O)(=O)Nc1cccc(SC)c1. The maximum atomic E-state index is 12.4. The number of sulfonamides is 1. The number of nitrogens with one attached hydrogen (secondary N) is 2. The molecule has 0 radical (unpaired) electrons. The molecule has 2 N–H and O–H groups in total. The second-order valence-corrected chi connectivity index (χ2v) is 6.61. The first-order valence-electron chi connectivity index (χ1n) is 6.00. The van der Waals surface area contributed by atoms with Gasteiger partial charge in [0.1, 0.15) is 4.90 Å². The second-order valence-electron chi connectivity index (χ2n) is 4.08. The lowest BCUT2D eigenvalue weighted by molar-refractivity contribution is 0.601. The largest absolute Gasteiger partial charge is 0.387 e. The molecule has 0 amide bonds. The second kappa shape index (κ2) is 6.19. The Hall–Kier alpha value is -1.66. The molecule has 0 heterocycles. The average Bonchev–Trinajstić information content (AvgIpc) is 2.47. The third kappa shape index (κ3) is 3.26. The van der Waals surface area contributed by atoms with Crippen molar-refractivity contribution in [3.05, 3.63) is 48.5 Å². The maximum Gasteiger partial charge on any atom is 0.263 e. The van der Waals surface area contributed by atoms with E-state index in [0.29, 0.717) is 11.4 Å². The van der Waals surface area contributed by atoms with Crippen LogP contribution in [-0.4, -0.2) is 21.7 Å². The zero-order chi connectivity index (χ0) is 14.6. The van der Waals surface area contributed by atoms with Gasteiger partial charge in [-0.3, -0.25) is 4.72 Å². The van der Waals surface area contributed by atoms with Gasteiger partial charge in [-0.2, -0.15) is 0 Å². The monoisotopic (exact) mass is 308 g/mol. The zero-order valence-corrected chi connectivity index (χ0v) is 12.9. The number of anilines is 2. The molecule has 6 heteroatoms. The summed E-state index contributed by atoms with van der Waals surface area (Å²) in [7, 11) is -1.91. The Balaban J connectivity index is 2.35. The molecule has 20 heavy (non-hydrogen) atoms. The Labute approximate surface area is 123 Å². The minimum atomic E-state index is -3.60. The molecule has 0 saturated heterocycles. The summed E-state index contributed by atoms with van der Waals surface area (Å²) in [6.07, 6.45) is 1.95. The van der Waals surface area contributed by atoms with Crippen LogP contribution in [0.15, 0.2) is 58.3 Å². The summed E-state index contributed by atoms with van der Waals surface area (Å²) < 4.78 is 27.4. The Morgan fingerprint density at radius 2 is 1.80 bits per heavy atom. The number of thioether (sulfide) groups is 1. The van der Waals surface area contributed by atoms with Gasteiger partial charge in [-0.05, 0) is 36.6 Å². The van der Waals surface area contributed by atoms with E-state index < -0.39 is 10.0 Å². The van der Waals surface area contributed by atoms with Crippen molar-refractivity contribution in [2.75, 3.05) is 23.3 Å². The molecule has 0 unspecified atom stereocenters. The Morgan fingerprint density at radius 3 is 2.50 bits per heavy atom. The van der Waals surface area contributed by atoms with Gasteiger partial charge in [0.05, 0.1) is 5.69 Å². The summed E-state index contributed by atoms with van der Waals surface area (Å²) in [5, 5.41) is 2.89. The molecule has 0 aliphatic rings. The highest BCUT2D eigenvalue weighted by molar-refractivity contribution is 7.98. The minimum Gasteiger partial charge on any atom is -0.387 e. The molecule has 0 aromatic heterocycles. The number of benzene rings is 2. The van der Waals surface area contributed by atoms with Gasteiger partial charge in [0, 0.05) is 17.6 Å². The van der Waals surface area contributed by atoms with E-state index >= 15 is 0 Å². The van der Waals surface area contributed by atoms with Gasteiger partial charge < -0.3 is 5.32 Å². The lowest BCUT2D eigenvalue weighted by Crippen LogP contribution is -2.14. The van der Waals surface area contributed by atoms with Crippen LogP contribution in [-0.2, 0) is 10.0 Å². The van der Waals surface area contributed by atoms with Crippen molar-refractivity contribution in [2.24, 2.45) is 0 Å². The molecule has 4 nitrogen and oxygen atoms in total. The molecule has 106 valence electrons. The number of rotatable bonds is 5. The molecule has 2 rings (SSSR count). The first-order chi connectivity index (χ1) is 9.56. The Kier molecular flexibility index (Phi) is 4.57. The van der Waals surface area contributed by atoms with Crippen LogP contribution >= 0.6 is 11.8 Å². The van der Waals surface area contributed by atoms with Crippen LogP contribution in [0.4, 0.5) is 11.4 Å². The highest BCUT2D eigenvalue weighted by Crippen LogP contribution is 2.25. The van der Waals surface area contributed by atoms with Gasteiger partial charge in [0.2, 0.25) is 0 Å². The molecule has 0 aliphatic heterocycles. The molecule has 0 saturated carbocycles. The van der Waals surface area contributed by atoms with Crippen LogP contribution in [0.25, 0.3) is 0 Å². The summed E-state index contributed by atoms with van der Waals surface area (Å²) in [5.41, 5.74) is 1.13. The third-order valence-electron chi connectivity index (χ3n) is 2.77. The quantitative estimate of drug-likeness (QED) is 0.833. The van der Waals surface area contributed by atoms with Gasteiger partial charge in [-0.1, -0.05) is 18.2 Å². The molecular formula is C14H16N2O2S2. The fourth-order valence-electron chi connectivity index (χ4n) is 1.80. The Bertz CT molecular complexity index is 700. The lowest BCUT2D eigenvalue weighted by atomic mass is 10.3. The van der Waals surface area contributed by atoms with Crippen molar-refractivity contribution >= 4 is 33.2 Å². The van der Waals surface area contributed by atoms with Crippen LogP contribution in [0, 0.1) is 0 Å². The molecule has 2 aromatic carbocycles. The van der Waals surface area contributed by atoms with Crippen molar-refractivity contribution in [2.45, 2.75) is 9.79 Å². The van der Waals surface area contributed by atoms with Crippen LogP contribution in [0.5, 0.6) is 0 Å². The molecule has 0 spiro atoms. The highest BCUT2D eigenvalue weighted by atomic mass is 32.2. The van der Waals surface area contributed by atoms with Crippen LogP contribution in [0.1, 0.15) is 0 Å². The predicted molar refractivity (Wildman–Crippen MR) is 85.0 cm³/mol. The fraction of sp³-hybridized carbons (Fsp3) is 0.143. The summed E-state index contributed by atoms with van der Waals surface area (Å²) in [4.78, 5) is 1.24. The van der Waals surface area contributed by atoms with Gasteiger partial charge in [-0.15, -0.1) is 11.8 Å². The topological polar surface area (TPSA) is 58.2 Å². The van der Waals surface area contributed by atoms with E-state index in [1.54, 1.807) is 49.1 Å². The van der Waals surface area contributed by atoms with Gasteiger partial charge >= 0.3 is 0 Å². The van der Waals surface area contributed by atoms with E-state index in [4.69, 9.17) is 0 Å². The van der Waals surface area contributed by atoms with Crippen molar-refractivity contribution in [3.8, 4) is 0 Å². The lowest BCUT2D eigenvalue weighted by Gasteiger charge is -2.12. The Morgan fingerprint density at radius 1 is 1.05 bits per heavy atom. The standard InChI is InChI=1S/C14H16N2O2S2/c1-15-13-8-3-4-9-14(13)20(17,18)16-11-6-5-7-12(10-11)19-2/h3-10,15-16H,1-2H3. The minimum absolute atomic E-state index is 0.233. The van der Waals surface area contributed by atoms with Crippen molar-refractivity contribution in [3.63, 3.8) is 0 Å². The zero-order valence-electron chi connectivity index (χ0n) is 11.3. The van der Waals surface area contributed by atoms with Crippen LogP contribution in [0.3, 0.4) is 0 Å². The number of para-hydroxylation sites is 1. The summed E-state index contributed by atoms with van der Waals surface area (Å²) in [6, 6.07) is 14.1. The van der Waals surface area contributed by atoms with Crippen molar-refractivity contribution in [1.82, 2.24) is 0 Å². The summed E-state index contributed by atoms with van der Waals surface area (Å²) in [5.74, 6) is 0. The predicted octanol–water partition coefficient (Wildman–Crippen LogP) is 3.25. The van der Waals surface area contributed by atoms with E-state index in [9.17, 15) is 8.42 Å². The molecule has 0 atom stereocenters. The van der Waals surface area contributed by atoms with E-state index in [1.807, 2.05) is 24.5 Å². The molecule has 0 aliphatic carbocycles. The molecule has 0 bridgehead atoms. The number of hydrogen-bond acceptors (Lipinski definition) is 4. The number of hydrogen-bond donors (Lipinski definition) is 2. The van der Waals surface area contributed by atoms with E-state index in [0.717, 1.165) is 4.90 Å². The summed E-state index contributed by atoms with van der Waals surface area (Å²) in [6.45, 7) is 0. The highest BCUT2D eigenvalue weighted by Gasteiger charge is 2.17. The van der Waals surface area contributed by atoms with E-state index in [2.05, 4.69) is 10.0 Å². The van der Waals surface area contributed by atoms with Crippen LogP contribution < -0.4 is 10.0 Å². The van der Waals surface area contributed by atoms with Crippen molar-refractivity contribution in [1.29, 1.82) is 0 Å². The molecular weight excluding hydrogens is 292 g/mol. The first-order valence-corrected chi connectivity index (χ1v) is 8.71. The first kappa shape index (κ1) is 14.7. The molecule has 0 fully saturated rings. The average molecular weight is 308 g/mol. The van der Waals surface area contributed by atoms with Gasteiger partial charge in [0.15, 0.2) is 0 Å². The summed E-state index contributed by atoms with van der Waals surface area (Å²) >= 11 is 1.57. The maximum absolute atomic E-state index is 12.4. The van der Waals surface area contributed by atoms with E-state index in [1.165, 1.54) is 0 Å². The fourth-order valence-corrected chi connectivity index (χ4v) is 3.53. The normalized spacial score (nSPS) is 11.1. The van der Waals surface area contributed by atoms with Crippen molar-refractivity contribution < 1.29 is 8.42 Å². The third-order valence-corrected chi connectivity index (χ3v) is 4.93.